The lowest BCUT2D eigenvalue weighted by atomic mass is 10.1. The van der Waals surface area contributed by atoms with E-state index in [2.05, 4.69) is 12.2 Å². The van der Waals surface area contributed by atoms with Gasteiger partial charge in [-0.25, -0.2) is 4.79 Å². The van der Waals surface area contributed by atoms with Gasteiger partial charge in [0.25, 0.3) is 5.91 Å². The number of rotatable bonds is 9. The molecule has 1 aliphatic rings. The third-order valence-electron chi connectivity index (χ3n) is 3.83. The highest BCUT2D eigenvalue weighted by Crippen LogP contribution is 2.37. The number of amides is 1. The standard InChI is InChI=1S/C19H25NO3/c1-2-3-4-8-13-23-18(21)14-17(15-11-12-15)19(22)20-16-9-6-5-7-10-16/h5-7,9-10,14-15H,2-4,8,11-13H2,1H3,(H,20,22)/b17-14+. The summed E-state index contributed by atoms with van der Waals surface area (Å²) in [5.41, 5.74) is 1.27. The molecular weight excluding hydrogens is 290 g/mol. The molecule has 4 heteroatoms. The number of ether oxygens (including phenoxy) is 1. The topological polar surface area (TPSA) is 55.4 Å². The van der Waals surface area contributed by atoms with Crippen LogP contribution in [0.15, 0.2) is 42.0 Å². The third-order valence-corrected chi connectivity index (χ3v) is 3.83. The van der Waals surface area contributed by atoms with E-state index >= 15 is 0 Å². The molecule has 1 N–H and O–H groups in total. The fourth-order valence-electron chi connectivity index (χ4n) is 2.36. The molecule has 1 aromatic carbocycles. The van der Waals surface area contributed by atoms with Crippen molar-refractivity contribution in [2.45, 2.75) is 45.4 Å². The van der Waals surface area contributed by atoms with Gasteiger partial charge < -0.3 is 10.1 Å². The summed E-state index contributed by atoms with van der Waals surface area (Å²) in [6.45, 7) is 2.57. The van der Waals surface area contributed by atoms with Crippen molar-refractivity contribution in [2.75, 3.05) is 11.9 Å². The lowest BCUT2D eigenvalue weighted by Crippen LogP contribution is -2.17. The molecule has 0 unspecified atom stereocenters. The molecule has 0 spiro atoms. The Bertz CT molecular complexity index is 547. The molecule has 1 amide bonds. The molecule has 2 rings (SSSR count). The molecule has 0 heterocycles. The summed E-state index contributed by atoms with van der Waals surface area (Å²) in [6, 6.07) is 9.27. The Morgan fingerprint density at radius 3 is 2.57 bits per heavy atom. The van der Waals surface area contributed by atoms with Crippen LogP contribution in [-0.2, 0) is 14.3 Å². The van der Waals surface area contributed by atoms with E-state index in [1.54, 1.807) is 0 Å². The normalized spacial score (nSPS) is 14.4. The fraction of sp³-hybridized carbons (Fsp3) is 0.474. The number of para-hydroxylation sites is 1. The van der Waals surface area contributed by atoms with Gasteiger partial charge in [0.1, 0.15) is 0 Å². The first-order valence-corrected chi connectivity index (χ1v) is 8.45. The first-order valence-electron chi connectivity index (χ1n) is 8.45. The second-order valence-electron chi connectivity index (χ2n) is 5.92. The number of carbonyl (C=O) groups is 2. The van der Waals surface area contributed by atoms with Gasteiger partial charge >= 0.3 is 5.97 Å². The second-order valence-corrected chi connectivity index (χ2v) is 5.92. The van der Waals surface area contributed by atoms with E-state index in [0.717, 1.165) is 44.2 Å². The van der Waals surface area contributed by atoms with Crippen LogP contribution < -0.4 is 5.32 Å². The van der Waals surface area contributed by atoms with Gasteiger partial charge in [-0.1, -0.05) is 44.4 Å². The summed E-state index contributed by atoms with van der Waals surface area (Å²) in [5.74, 6) is -0.431. The number of unbranched alkanes of at least 4 members (excludes halogenated alkanes) is 3. The summed E-state index contributed by atoms with van der Waals surface area (Å²) in [5, 5.41) is 2.84. The van der Waals surface area contributed by atoms with Gasteiger partial charge in [0.2, 0.25) is 0 Å². The molecule has 124 valence electrons. The molecule has 1 saturated carbocycles. The summed E-state index contributed by atoms with van der Waals surface area (Å²) in [7, 11) is 0. The van der Waals surface area contributed by atoms with Crippen LogP contribution in [0.3, 0.4) is 0 Å². The Morgan fingerprint density at radius 1 is 1.17 bits per heavy atom. The Balaban J connectivity index is 1.87. The maximum atomic E-state index is 12.4. The van der Waals surface area contributed by atoms with Crippen molar-refractivity contribution in [2.24, 2.45) is 5.92 Å². The maximum absolute atomic E-state index is 12.4. The molecule has 1 fully saturated rings. The lowest BCUT2D eigenvalue weighted by Gasteiger charge is -2.08. The first kappa shape index (κ1) is 17.3. The highest BCUT2D eigenvalue weighted by atomic mass is 16.5. The van der Waals surface area contributed by atoms with Crippen molar-refractivity contribution in [1.29, 1.82) is 0 Å². The van der Waals surface area contributed by atoms with Crippen LogP contribution in [0.2, 0.25) is 0 Å². The quantitative estimate of drug-likeness (QED) is 0.424. The predicted molar refractivity (Wildman–Crippen MR) is 91.0 cm³/mol. The Hall–Kier alpha value is -2.10. The molecule has 0 bridgehead atoms. The molecule has 4 nitrogen and oxygen atoms in total. The molecule has 1 aromatic rings. The Kier molecular flexibility index (Phi) is 6.85. The van der Waals surface area contributed by atoms with Gasteiger partial charge in [-0.15, -0.1) is 0 Å². The van der Waals surface area contributed by atoms with Gasteiger partial charge in [-0.05, 0) is 37.3 Å². The number of benzene rings is 1. The molecular formula is C19H25NO3. The third kappa shape index (κ3) is 6.27. The van der Waals surface area contributed by atoms with Crippen LogP contribution in [0.5, 0.6) is 0 Å². The van der Waals surface area contributed by atoms with E-state index in [9.17, 15) is 9.59 Å². The largest absolute Gasteiger partial charge is 0.463 e. The van der Waals surface area contributed by atoms with Crippen LogP contribution in [0.1, 0.15) is 45.4 Å². The van der Waals surface area contributed by atoms with Gasteiger partial charge in [0.15, 0.2) is 0 Å². The minimum absolute atomic E-state index is 0.186. The van der Waals surface area contributed by atoms with Crippen molar-refractivity contribution in [3.8, 4) is 0 Å². The molecule has 0 aliphatic heterocycles. The number of nitrogens with one attached hydrogen (secondary N) is 1. The maximum Gasteiger partial charge on any atom is 0.331 e. The van der Waals surface area contributed by atoms with E-state index in [0.29, 0.717) is 12.2 Å². The average Bonchev–Trinajstić information content (AvgIpc) is 3.38. The summed E-state index contributed by atoms with van der Waals surface area (Å²) in [4.78, 5) is 24.3. The second kappa shape index (κ2) is 9.13. The summed E-state index contributed by atoms with van der Waals surface area (Å²) < 4.78 is 5.20. The predicted octanol–water partition coefficient (Wildman–Crippen LogP) is 4.09. The van der Waals surface area contributed by atoms with E-state index in [-0.39, 0.29) is 11.8 Å². The van der Waals surface area contributed by atoms with Crippen molar-refractivity contribution in [3.63, 3.8) is 0 Å². The molecule has 0 radical (unpaired) electrons. The molecule has 0 atom stereocenters. The van der Waals surface area contributed by atoms with Crippen molar-refractivity contribution in [1.82, 2.24) is 0 Å². The van der Waals surface area contributed by atoms with E-state index < -0.39 is 5.97 Å². The number of anilines is 1. The first-order chi connectivity index (χ1) is 11.2. The zero-order chi connectivity index (χ0) is 16.5. The van der Waals surface area contributed by atoms with Crippen LogP contribution in [0.25, 0.3) is 0 Å². The van der Waals surface area contributed by atoms with Gasteiger partial charge in [-0.2, -0.15) is 0 Å². The van der Waals surface area contributed by atoms with E-state index in [1.165, 1.54) is 6.08 Å². The highest BCUT2D eigenvalue weighted by molar-refractivity contribution is 6.07. The van der Waals surface area contributed by atoms with Crippen molar-refractivity contribution < 1.29 is 14.3 Å². The highest BCUT2D eigenvalue weighted by Gasteiger charge is 2.31. The monoisotopic (exact) mass is 315 g/mol. The number of hydrogen-bond acceptors (Lipinski definition) is 3. The Labute approximate surface area is 137 Å². The SMILES string of the molecule is CCCCCCOC(=O)/C=C(/C(=O)Nc1ccccc1)C1CC1. The average molecular weight is 315 g/mol. The summed E-state index contributed by atoms with van der Waals surface area (Å²) in [6.07, 6.45) is 7.53. The zero-order valence-electron chi connectivity index (χ0n) is 13.7. The van der Waals surface area contributed by atoms with E-state index in [4.69, 9.17) is 4.74 Å². The molecule has 23 heavy (non-hydrogen) atoms. The van der Waals surface area contributed by atoms with Gasteiger partial charge in [0, 0.05) is 17.3 Å². The van der Waals surface area contributed by atoms with Crippen LogP contribution >= 0.6 is 0 Å². The summed E-state index contributed by atoms with van der Waals surface area (Å²) >= 11 is 0. The zero-order valence-corrected chi connectivity index (χ0v) is 13.7. The fourth-order valence-corrected chi connectivity index (χ4v) is 2.36. The molecule has 0 saturated heterocycles. The van der Waals surface area contributed by atoms with Crippen LogP contribution in [0.4, 0.5) is 5.69 Å². The van der Waals surface area contributed by atoms with Crippen LogP contribution in [0, 0.1) is 5.92 Å². The number of esters is 1. The minimum Gasteiger partial charge on any atom is -0.463 e. The van der Waals surface area contributed by atoms with Gasteiger partial charge in [-0.3, -0.25) is 4.79 Å². The van der Waals surface area contributed by atoms with Crippen LogP contribution in [-0.4, -0.2) is 18.5 Å². The Morgan fingerprint density at radius 2 is 1.91 bits per heavy atom. The lowest BCUT2D eigenvalue weighted by molar-refractivity contribution is -0.138. The smallest absolute Gasteiger partial charge is 0.331 e. The molecule has 0 aromatic heterocycles. The minimum atomic E-state index is -0.411. The molecule has 1 aliphatic carbocycles. The van der Waals surface area contributed by atoms with E-state index in [1.807, 2.05) is 30.3 Å². The van der Waals surface area contributed by atoms with Gasteiger partial charge in [0.05, 0.1) is 6.61 Å². The van der Waals surface area contributed by atoms with Crippen molar-refractivity contribution in [3.05, 3.63) is 42.0 Å². The number of hydrogen-bond donors (Lipinski definition) is 1. The number of carbonyl (C=O) groups excluding carboxylic acids is 2. The van der Waals surface area contributed by atoms with Crippen molar-refractivity contribution >= 4 is 17.6 Å².